The quantitative estimate of drug-likeness (QED) is 0.671. The largest absolute Gasteiger partial charge is 0.288 e. The molecule has 0 spiro atoms. The molecule has 18 heavy (non-hydrogen) atoms. The first-order valence-corrected chi connectivity index (χ1v) is 7.68. The van der Waals surface area contributed by atoms with Crippen LogP contribution in [0.15, 0.2) is 29.2 Å². The Labute approximate surface area is 111 Å². The summed E-state index contributed by atoms with van der Waals surface area (Å²) >= 11 is 1.23. The van der Waals surface area contributed by atoms with Crippen molar-refractivity contribution < 1.29 is 13.2 Å². The van der Waals surface area contributed by atoms with Crippen molar-refractivity contribution in [3.63, 3.8) is 0 Å². The number of rotatable bonds is 3. The third-order valence-corrected chi connectivity index (χ3v) is 3.69. The SMILES string of the molecule is CC(=O)SCCC#Cc1ccc(S(N)(=O)=O)cc1. The van der Waals surface area contributed by atoms with E-state index < -0.39 is 10.0 Å². The first-order valence-electron chi connectivity index (χ1n) is 5.15. The summed E-state index contributed by atoms with van der Waals surface area (Å²) in [5.41, 5.74) is 0.718. The summed E-state index contributed by atoms with van der Waals surface area (Å²) in [6, 6.07) is 6.04. The molecule has 2 N–H and O–H groups in total. The molecule has 0 saturated carbocycles. The Morgan fingerprint density at radius 2 is 1.94 bits per heavy atom. The predicted octanol–water partition coefficient (Wildman–Crippen LogP) is 1.36. The van der Waals surface area contributed by atoms with E-state index in [4.69, 9.17) is 5.14 Å². The van der Waals surface area contributed by atoms with Gasteiger partial charge in [0.05, 0.1) is 4.90 Å². The number of carbonyl (C=O) groups is 1. The molecule has 6 heteroatoms. The number of benzene rings is 1. The Balaban J connectivity index is 2.59. The van der Waals surface area contributed by atoms with Gasteiger partial charge in [-0.2, -0.15) is 0 Å². The second kappa shape index (κ2) is 6.59. The molecule has 0 aliphatic rings. The Morgan fingerprint density at radius 1 is 1.33 bits per heavy atom. The van der Waals surface area contributed by atoms with Crippen LogP contribution in [0.25, 0.3) is 0 Å². The van der Waals surface area contributed by atoms with Crippen molar-refractivity contribution in [1.29, 1.82) is 0 Å². The van der Waals surface area contributed by atoms with E-state index in [0.29, 0.717) is 12.2 Å². The van der Waals surface area contributed by atoms with Crippen molar-refractivity contribution in [1.82, 2.24) is 0 Å². The van der Waals surface area contributed by atoms with Gasteiger partial charge in [-0.05, 0) is 24.3 Å². The molecule has 0 unspecified atom stereocenters. The van der Waals surface area contributed by atoms with Gasteiger partial charge in [-0.1, -0.05) is 23.6 Å². The van der Waals surface area contributed by atoms with Crippen LogP contribution < -0.4 is 5.14 Å². The van der Waals surface area contributed by atoms with Crippen molar-refractivity contribution in [3.05, 3.63) is 29.8 Å². The van der Waals surface area contributed by atoms with E-state index in [9.17, 15) is 13.2 Å². The van der Waals surface area contributed by atoms with Crippen molar-refractivity contribution in [2.45, 2.75) is 18.2 Å². The molecule has 4 nitrogen and oxygen atoms in total. The summed E-state index contributed by atoms with van der Waals surface area (Å²) in [5.74, 6) is 6.46. The van der Waals surface area contributed by atoms with Crippen molar-refractivity contribution >= 4 is 26.9 Å². The molecule has 0 radical (unpaired) electrons. The predicted molar refractivity (Wildman–Crippen MR) is 72.4 cm³/mol. The smallest absolute Gasteiger partial charge is 0.238 e. The van der Waals surface area contributed by atoms with Crippen LogP contribution >= 0.6 is 11.8 Å². The van der Waals surface area contributed by atoms with Crippen LogP contribution in [0.2, 0.25) is 0 Å². The highest BCUT2D eigenvalue weighted by atomic mass is 32.2. The highest BCUT2D eigenvalue weighted by Crippen LogP contribution is 2.08. The van der Waals surface area contributed by atoms with Crippen molar-refractivity contribution in [2.24, 2.45) is 5.14 Å². The Hall–Kier alpha value is -1.29. The zero-order valence-electron chi connectivity index (χ0n) is 9.84. The van der Waals surface area contributed by atoms with E-state index in [0.717, 1.165) is 5.56 Å². The summed E-state index contributed by atoms with van der Waals surface area (Å²) in [7, 11) is -3.65. The minimum atomic E-state index is -3.65. The molecule has 0 aliphatic carbocycles. The van der Waals surface area contributed by atoms with E-state index in [1.54, 1.807) is 12.1 Å². The van der Waals surface area contributed by atoms with Crippen LogP contribution in [0.3, 0.4) is 0 Å². The fraction of sp³-hybridized carbons (Fsp3) is 0.250. The minimum Gasteiger partial charge on any atom is -0.288 e. The average molecular weight is 283 g/mol. The maximum Gasteiger partial charge on any atom is 0.238 e. The second-order valence-corrected chi connectivity index (χ2v) is 6.29. The molecule has 96 valence electrons. The summed E-state index contributed by atoms with van der Waals surface area (Å²) in [4.78, 5) is 10.7. The summed E-state index contributed by atoms with van der Waals surface area (Å²) in [5, 5.41) is 5.05. The number of carbonyl (C=O) groups excluding carboxylic acids is 1. The van der Waals surface area contributed by atoms with E-state index in [-0.39, 0.29) is 10.0 Å². The zero-order chi connectivity index (χ0) is 13.6. The summed E-state index contributed by atoms with van der Waals surface area (Å²) < 4.78 is 22.0. The van der Waals surface area contributed by atoms with Gasteiger partial charge in [-0.15, -0.1) is 0 Å². The Morgan fingerprint density at radius 3 is 2.44 bits per heavy atom. The van der Waals surface area contributed by atoms with E-state index in [2.05, 4.69) is 11.8 Å². The standard InChI is InChI=1S/C12H13NO3S2/c1-10(14)17-9-3-2-4-11-5-7-12(8-6-11)18(13,15)16/h5-8H,3,9H2,1H3,(H2,13,15,16). The topological polar surface area (TPSA) is 77.2 Å². The van der Waals surface area contributed by atoms with Gasteiger partial charge in [0, 0.05) is 24.7 Å². The molecule has 0 bridgehead atoms. The molecule has 0 atom stereocenters. The lowest BCUT2D eigenvalue weighted by Crippen LogP contribution is -2.11. The maximum absolute atomic E-state index is 11.0. The molecular formula is C12H13NO3S2. The van der Waals surface area contributed by atoms with Gasteiger partial charge in [0.15, 0.2) is 5.12 Å². The molecule has 0 aliphatic heterocycles. The van der Waals surface area contributed by atoms with Crippen LogP contribution in [-0.4, -0.2) is 19.3 Å². The molecule has 0 saturated heterocycles. The maximum atomic E-state index is 11.0. The molecule has 0 aromatic heterocycles. The van der Waals surface area contributed by atoms with Crippen LogP contribution in [0, 0.1) is 11.8 Å². The lowest BCUT2D eigenvalue weighted by atomic mass is 10.2. The number of hydrogen-bond donors (Lipinski definition) is 1. The Kier molecular flexibility index (Phi) is 5.41. The summed E-state index contributed by atoms with van der Waals surface area (Å²) in [6.07, 6.45) is 0.612. The highest BCUT2D eigenvalue weighted by Gasteiger charge is 2.05. The number of hydrogen-bond acceptors (Lipinski definition) is 4. The van der Waals surface area contributed by atoms with Gasteiger partial charge < -0.3 is 0 Å². The van der Waals surface area contributed by atoms with Crippen LogP contribution in [0.1, 0.15) is 18.9 Å². The molecule has 0 amide bonds. The fourth-order valence-electron chi connectivity index (χ4n) is 1.14. The minimum absolute atomic E-state index is 0.0696. The fourth-order valence-corrected chi connectivity index (χ4v) is 2.15. The first-order chi connectivity index (χ1) is 8.39. The van der Waals surface area contributed by atoms with Gasteiger partial charge >= 0.3 is 0 Å². The molecular weight excluding hydrogens is 270 g/mol. The van der Waals surface area contributed by atoms with E-state index >= 15 is 0 Å². The second-order valence-electron chi connectivity index (χ2n) is 3.46. The third-order valence-electron chi connectivity index (χ3n) is 1.95. The number of primary sulfonamides is 1. The van der Waals surface area contributed by atoms with Gasteiger partial charge in [-0.3, -0.25) is 4.79 Å². The number of sulfonamides is 1. The lowest BCUT2D eigenvalue weighted by Gasteiger charge is -1.96. The van der Waals surface area contributed by atoms with Crippen molar-refractivity contribution in [3.8, 4) is 11.8 Å². The normalized spacial score (nSPS) is 10.6. The zero-order valence-corrected chi connectivity index (χ0v) is 11.5. The third kappa shape index (κ3) is 5.36. The highest BCUT2D eigenvalue weighted by molar-refractivity contribution is 8.13. The van der Waals surface area contributed by atoms with E-state index in [1.165, 1.54) is 30.8 Å². The van der Waals surface area contributed by atoms with Gasteiger partial charge in [0.25, 0.3) is 0 Å². The van der Waals surface area contributed by atoms with Gasteiger partial charge in [0.1, 0.15) is 0 Å². The lowest BCUT2D eigenvalue weighted by molar-refractivity contribution is -0.109. The average Bonchev–Trinajstić information content (AvgIpc) is 2.27. The Bertz CT molecular complexity index is 580. The molecule has 1 rings (SSSR count). The molecule has 1 aromatic rings. The molecule has 0 fully saturated rings. The number of nitrogens with two attached hydrogens (primary N) is 1. The molecule has 0 heterocycles. The van der Waals surface area contributed by atoms with Crippen LogP contribution in [0.4, 0.5) is 0 Å². The van der Waals surface area contributed by atoms with Crippen molar-refractivity contribution in [2.75, 3.05) is 5.75 Å². The van der Waals surface area contributed by atoms with Crippen LogP contribution in [0.5, 0.6) is 0 Å². The summed E-state index contributed by atoms with van der Waals surface area (Å²) in [6.45, 7) is 1.52. The monoisotopic (exact) mass is 283 g/mol. The van der Waals surface area contributed by atoms with E-state index in [1.807, 2.05) is 0 Å². The van der Waals surface area contributed by atoms with Crippen LogP contribution in [-0.2, 0) is 14.8 Å². The number of thioether (sulfide) groups is 1. The van der Waals surface area contributed by atoms with Gasteiger partial charge in [-0.25, -0.2) is 13.6 Å². The molecule has 1 aromatic carbocycles. The van der Waals surface area contributed by atoms with Gasteiger partial charge in [0.2, 0.25) is 10.0 Å². The first kappa shape index (κ1) is 14.8.